The van der Waals surface area contributed by atoms with Crippen molar-refractivity contribution in [3.8, 4) is 0 Å². The number of hydrogen-bond donors (Lipinski definition) is 2. The molecule has 0 bridgehead atoms. The summed E-state index contributed by atoms with van der Waals surface area (Å²) in [6.07, 6.45) is 0.631. The lowest BCUT2D eigenvalue weighted by Gasteiger charge is -2.06. The Kier molecular flexibility index (Phi) is 2.56. The summed E-state index contributed by atoms with van der Waals surface area (Å²) in [7, 11) is 0. The van der Waals surface area contributed by atoms with E-state index in [0.29, 0.717) is 13.0 Å². The van der Waals surface area contributed by atoms with E-state index in [1.165, 1.54) is 0 Å². The van der Waals surface area contributed by atoms with Crippen molar-refractivity contribution in [1.82, 2.24) is 4.98 Å². The van der Waals surface area contributed by atoms with Gasteiger partial charge in [0.15, 0.2) is 5.43 Å². The second-order valence-corrected chi connectivity index (χ2v) is 3.64. The first kappa shape index (κ1) is 9.93. The van der Waals surface area contributed by atoms with Crippen LogP contribution in [0.5, 0.6) is 0 Å². The fraction of sp³-hybridized carbons (Fsp3) is 0.250. The van der Waals surface area contributed by atoms with Gasteiger partial charge in [-0.2, -0.15) is 0 Å². The topological polar surface area (TPSA) is 58.9 Å². The number of pyridine rings is 1. The lowest BCUT2D eigenvalue weighted by atomic mass is 10.1. The zero-order valence-corrected chi connectivity index (χ0v) is 8.71. The standard InChI is InChI=1S/C12H14N2O/c1-8-9(6-7-13)12(15)10-4-2-3-5-11(10)14-8/h2-5H,6-7,13H2,1H3,(H,14,15). The Hall–Kier alpha value is -1.61. The van der Waals surface area contributed by atoms with Gasteiger partial charge in [0.2, 0.25) is 0 Å². The number of aryl methyl sites for hydroxylation is 1. The van der Waals surface area contributed by atoms with Gasteiger partial charge < -0.3 is 10.7 Å². The Morgan fingerprint density at radius 1 is 1.33 bits per heavy atom. The van der Waals surface area contributed by atoms with Crippen LogP contribution in [0.1, 0.15) is 11.3 Å². The SMILES string of the molecule is Cc1[nH]c2ccccc2c(=O)c1CCN. The van der Waals surface area contributed by atoms with E-state index in [1.807, 2.05) is 31.2 Å². The van der Waals surface area contributed by atoms with Gasteiger partial charge in [-0.1, -0.05) is 12.1 Å². The number of benzene rings is 1. The second-order valence-electron chi connectivity index (χ2n) is 3.64. The van der Waals surface area contributed by atoms with Crippen molar-refractivity contribution in [3.63, 3.8) is 0 Å². The van der Waals surface area contributed by atoms with Crippen LogP contribution in [0.15, 0.2) is 29.1 Å². The zero-order chi connectivity index (χ0) is 10.8. The lowest BCUT2D eigenvalue weighted by Crippen LogP contribution is -2.17. The molecule has 0 saturated carbocycles. The summed E-state index contributed by atoms with van der Waals surface area (Å²) in [6, 6.07) is 7.54. The van der Waals surface area contributed by atoms with Crippen molar-refractivity contribution in [2.75, 3.05) is 6.54 Å². The number of rotatable bonds is 2. The first-order chi connectivity index (χ1) is 7.24. The number of aromatic nitrogens is 1. The van der Waals surface area contributed by atoms with Crippen LogP contribution in [0.3, 0.4) is 0 Å². The average molecular weight is 202 g/mol. The molecule has 0 aliphatic rings. The van der Waals surface area contributed by atoms with Crippen molar-refractivity contribution in [2.45, 2.75) is 13.3 Å². The largest absolute Gasteiger partial charge is 0.358 e. The smallest absolute Gasteiger partial charge is 0.192 e. The third-order valence-corrected chi connectivity index (χ3v) is 2.61. The van der Waals surface area contributed by atoms with Gasteiger partial charge in [-0.25, -0.2) is 0 Å². The molecule has 0 saturated heterocycles. The van der Waals surface area contributed by atoms with Crippen LogP contribution in [0.2, 0.25) is 0 Å². The Balaban J connectivity index is 2.78. The fourth-order valence-corrected chi connectivity index (χ4v) is 1.85. The predicted molar refractivity (Wildman–Crippen MR) is 62.1 cm³/mol. The molecule has 3 nitrogen and oxygen atoms in total. The van der Waals surface area contributed by atoms with Gasteiger partial charge in [0.05, 0.1) is 0 Å². The van der Waals surface area contributed by atoms with E-state index in [-0.39, 0.29) is 5.43 Å². The molecule has 1 aromatic heterocycles. The molecule has 2 aromatic rings. The van der Waals surface area contributed by atoms with Crippen molar-refractivity contribution < 1.29 is 0 Å². The average Bonchev–Trinajstić information content (AvgIpc) is 2.24. The van der Waals surface area contributed by atoms with Crippen molar-refractivity contribution in [2.24, 2.45) is 5.73 Å². The highest BCUT2D eigenvalue weighted by atomic mass is 16.1. The minimum atomic E-state index is 0.104. The number of fused-ring (bicyclic) bond motifs is 1. The second kappa shape index (κ2) is 3.87. The zero-order valence-electron chi connectivity index (χ0n) is 8.71. The molecule has 0 amide bonds. The molecule has 0 aliphatic heterocycles. The molecule has 3 N–H and O–H groups in total. The van der Waals surface area contributed by atoms with E-state index >= 15 is 0 Å². The summed E-state index contributed by atoms with van der Waals surface area (Å²) in [6.45, 7) is 2.42. The van der Waals surface area contributed by atoms with E-state index in [4.69, 9.17) is 5.73 Å². The highest BCUT2D eigenvalue weighted by molar-refractivity contribution is 5.79. The summed E-state index contributed by atoms with van der Waals surface area (Å²) in [5.74, 6) is 0. The number of hydrogen-bond acceptors (Lipinski definition) is 2. The molecule has 0 spiro atoms. The molecule has 0 atom stereocenters. The van der Waals surface area contributed by atoms with Gasteiger partial charge >= 0.3 is 0 Å². The predicted octanol–water partition coefficient (Wildman–Crippen LogP) is 1.34. The van der Waals surface area contributed by atoms with Crippen LogP contribution in [0, 0.1) is 6.92 Å². The highest BCUT2D eigenvalue weighted by Gasteiger charge is 2.07. The molecule has 15 heavy (non-hydrogen) atoms. The van der Waals surface area contributed by atoms with Crippen LogP contribution < -0.4 is 11.2 Å². The van der Waals surface area contributed by atoms with E-state index in [9.17, 15) is 4.79 Å². The van der Waals surface area contributed by atoms with E-state index < -0.39 is 0 Å². The summed E-state index contributed by atoms with van der Waals surface area (Å²) < 4.78 is 0. The third-order valence-electron chi connectivity index (χ3n) is 2.61. The first-order valence-corrected chi connectivity index (χ1v) is 5.04. The lowest BCUT2D eigenvalue weighted by molar-refractivity contribution is 0.937. The van der Waals surface area contributed by atoms with Crippen molar-refractivity contribution in [1.29, 1.82) is 0 Å². The normalized spacial score (nSPS) is 10.8. The molecule has 0 aliphatic carbocycles. The molecular formula is C12H14N2O. The molecular weight excluding hydrogens is 188 g/mol. The summed E-state index contributed by atoms with van der Waals surface area (Å²) in [5, 5.41) is 0.742. The maximum Gasteiger partial charge on any atom is 0.192 e. The molecule has 3 heteroatoms. The molecule has 2 rings (SSSR count). The molecule has 0 radical (unpaired) electrons. The number of nitrogens with one attached hydrogen (secondary N) is 1. The van der Waals surface area contributed by atoms with Crippen LogP contribution >= 0.6 is 0 Å². The van der Waals surface area contributed by atoms with Gasteiger partial charge in [0.25, 0.3) is 0 Å². The first-order valence-electron chi connectivity index (χ1n) is 5.04. The van der Waals surface area contributed by atoms with Crippen molar-refractivity contribution >= 4 is 10.9 Å². The molecule has 0 fully saturated rings. The maximum atomic E-state index is 12.1. The highest BCUT2D eigenvalue weighted by Crippen LogP contribution is 2.10. The minimum absolute atomic E-state index is 0.104. The van der Waals surface area contributed by atoms with Gasteiger partial charge in [-0.15, -0.1) is 0 Å². The Morgan fingerprint density at radius 3 is 2.80 bits per heavy atom. The maximum absolute atomic E-state index is 12.1. The molecule has 1 aromatic carbocycles. The summed E-state index contributed by atoms with van der Waals surface area (Å²) in [5.41, 5.74) is 8.21. The van der Waals surface area contributed by atoms with Crippen molar-refractivity contribution in [3.05, 3.63) is 45.7 Å². The van der Waals surface area contributed by atoms with E-state index in [2.05, 4.69) is 4.98 Å². The van der Waals surface area contributed by atoms with E-state index in [0.717, 1.165) is 22.2 Å². The van der Waals surface area contributed by atoms with Crippen LogP contribution in [-0.2, 0) is 6.42 Å². The van der Waals surface area contributed by atoms with Crippen LogP contribution in [0.25, 0.3) is 10.9 Å². The monoisotopic (exact) mass is 202 g/mol. The van der Waals surface area contributed by atoms with Gasteiger partial charge in [0.1, 0.15) is 0 Å². The molecule has 78 valence electrons. The summed E-state index contributed by atoms with van der Waals surface area (Å²) in [4.78, 5) is 15.3. The fourth-order valence-electron chi connectivity index (χ4n) is 1.85. The van der Waals surface area contributed by atoms with Crippen LogP contribution in [-0.4, -0.2) is 11.5 Å². The minimum Gasteiger partial charge on any atom is -0.358 e. The van der Waals surface area contributed by atoms with Gasteiger partial charge in [0, 0.05) is 22.2 Å². The Bertz CT molecular complexity index is 543. The van der Waals surface area contributed by atoms with Crippen LogP contribution in [0.4, 0.5) is 0 Å². The van der Waals surface area contributed by atoms with Gasteiger partial charge in [-0.05, 0) is 32.0 Å². The number of H-pyrrole nitrogens is 1. The number of aromatic amines is 1. The third kappa shape index (κ3) is 1.66. The Morgan fingerprint density at radius 2 is 2.07 bits per heavy atom. The quantitative estimate of drug-likeness (QED) is 0.772. The summed E-state index contributed by atoms with van der Waals surface area (Å²) >= 11 is 0. The molecule has 1 heterocycles. The Labute approximate surface area is 87.9 Å². The molecule has 0 unspecified atom stereocenters. The number of nitrogens with two attached hydrogens (primary N) is 1. The number of para-hydroxylation sites is 1. The van der Waals surface area contributed by atoms with Gasteiger partial charge in [-0.3, -0.25) is 4.79 Å². The van der Waals surface area contributed by atoms with E-state index in [1.54, 1.807) is 0 Å².